The van der Waals surface area contributed by atoms with Gasteiger partial charge in [0.15, 0.2) is 0 Å². The zero-order valence-electron chi connectivity index (χ0n) is 11.8. The van der Waals surface area contributed by atoms with Crippen LogP contribution in [0.15, 0.2) is 41.8 Å². The lowest BCUT2D eigenvalue weighted by molar-refractivity contribution is 0.0940. The maximum Gasteiger partial charge on any atom is 0.251 e. The fourth-order valence-electron chi connectivity index (χ4n) is 1.97. The van der Waals surface area contributed by atoms with E-state index in [4.69, 9.17) is 5.11 Å². The number of nitrogens with one attached hydrogen (secondary N) is 1. The van der Waals surface area contributed by atoms with Gasteiger partial charge in [-0.05, 0) is 36.6 Å². The van der Waals surface area contributed by atoms with E-state index in [0.717, 1.165) is 12.0 Å². The summed E-state index contributed by atoms with van der Waals surface area (Å²) in [6.45, 7) is 1.81. The van der Waals surface area contributed by atoms with E-state index >= 15 is 0 Å². The van der Waals surface area contributed by atoms with Crippen molar-refractivity contribution in [2.75, 3.05) is 6.61 Å². The van der Waals surface area contributed by atoms with Crippen molar-refractivity contribution in [3.63, 3.8) is 0 Å². The number of benzene rings is 1. The van der Waals surface area contributed by atoms with Crippen LogP contribution in [-0.4, -0.2) is 23.7 Å². The topological polar surface area (TPSA) is 49.3 Å². The van der Waals surface area contributed by atoms with Crippen molar-refractivity contribution in [2.24, 2.45) is 0 Å². The van der Waals surface area contributed by atoms with Gasteiger partial charge in [-0.1, -0.05) is 24.0 Å². The third-order valence-corrected chi connectivity index (χ3v) is 3.80. The molecule has 0 aliphatic rings. The highest BCUT2D eigenvalue weighted by molar-refractivity contribution is 7.09. The quantitative estimate of drug-likeness (QED) is 0.852. The lowest BCUT2D eigenvalue weighted by Crippen LogP contribution is -2.33. The third kappa shape index (κ3) is 4.75. The van der Waals surface area contributed by atoms with Gasteiger partial charge in [0.2, 0.25) is 0 Å². The molecular formula is C17H17NO2S. The molecule has 0 aliphatic carbocycles. The van der Waals surface area contributed by atoms with E-state index in [1.807, 2.05) is 24.4 Å². The Morgan fingerprint density at radius 3 is 2.95 bits per heavy atom. The first kappa shape index (κ1) is 15.3. The molecule has 0 fully saturated rings. The molecular weight excluding hydrogens is 282 g/mol. The number of hydrogen-bond acceptors (Lipinski definition) is 3. The summed E-state index contributed by atoms with van der Waals surface area (Å²) in [7, 11) is 0. The molecule has 0 radical (unpaired) electrons. The lowest BCUT2D eigenvalue weighted by Gasteiger charge is -2.13. The van der Waals surface area contributed by atoms with Crippen molar-refractivity contribution in [1.29, 1.82) is 0 Å². The minimum Gasteiger partial charge on any atom is -0.384 e. The van der Waals surface area contributed by atoms with E-state index in [9.17, 15) is 4.79 Å². The molecule has 2 rings (SSSR count). The number of carbonyl (C=O) groups is 1. The average molecular weight is 299 g/mol. The van der Waals surface area contributed by atoms with Crippen LogP contribution in [-0.2, 0) is 6.42 Å². The second-order valence-electron chi connectivity index (χ2n) is 4.70. The maximum absolute atomic E-state index is 12.2. The van der Waals surface area contributed by atoms with Crippen molar-refractivity contribution < 1.29 is 9.90 Å². The summed E-state index contributed by atoms with van der Waals surface area (Å²) in [5.74, 6) is 5.27. The van der Waals surface area contributed by atoms with E-state index in [-0.39, 0.29) is 18.6 Å². The summed E-state index contributed by atoms with van der Waals surface area (Å²) < 4.78 is 0. The molecule has 1 unspecified atom stereocenters. The van der Waals surface area contributed by atoms with Gasteiger partial charge >= 0.3 is 0 Å². The Morgan fingerprint density at radius 1 is 1.38 bits per heavy atom. The fourth-order valence-corrected chi connectivity index (χ4v) is 2.80. The van der Waals surface area contributed by atoms with Crippen LogP contribution >= 0.6 is 11.3 Å². The Kier molecular flexibility index (Phi) is 5.56. The molecule has 0 saturated carbocycles. The summed E-state index contributed by atoms with van der Waals surface area (Å²) in [5.41, 5.74) is 1.31. The van der Waals surface area contributed by atoms with E-state index in [2.05, 4.69) is 23.2 Å². The molecule has 4 heteroatoms. The Labute approximate surface area is 128 Å². The standard InChI is InChI=1S/C17H17NO2S/c1-13(11-16-8-4-10-21-16)18-17(20)15-7-2-5-14(12-15)6-3-9-19/h2,4-5,7-8,10,12-13,19H,9,11H2,1H3,(H,18,20). The highest BCUT2D eigenvalue weighted by atomic mass is 32.1. The number of thiophene rings is 1. The monoisotopic (exact) mass is 299 g/mol. The van der Waals surface area contributed by atoms with Crippen molar-refractivity contribution >= 4 is 17.2 Å². The van der Waals surface area contributed by atoms with Gasteiger partial charge in [0.25, 0.3) is 5.91 Å². The van der Waals surface area contributed by atoms with Crippen LogP contribution in [0.4, 0.5) is 0 Å². The summed E-state index contributed by atoms with van der Waals surface area (Å²) in [5, 5.41) is 13.7. The van der Waals surface area contributed by atoms with E-state index in [0.29, 0.717) is 5.56 Å². The average Bonchev–Trinajstić information content (AvgIpc) is 2.98. The largest absolute Gasteiger partial charge is 0.384 e. The van der Waals surface area contributed by atoms with Crippen LogP contribution in [0.5, 0.6) is 0 Å². The number of rotatable bonds is 4. The highest BCUT2D eigenvalue weighted by Crippen LogP contribution is 2.11. The molecule has 1 aromatic carbocycles. The Bertz CT molecular complexity index is 653. The van der Waals surface area contributed by atoms with Crippen molar-refractivity contribution in [2.45, 2.75) is 19.4 Å². The predicted molar refractivity (Wildman–Crippen MR) is 85.4 cm³/mol. The van der Waals surface area contributed by atoms with Gasteiger partial charge in [0.1, 0.15) is 6.61 Å². The van der Waals surface area contributed by atoms with Crippen molar-refractivity contribution in [3.05, 3.63) is 57.8 Å². The first-order chi connectivity index (χ1) is 10.2. The zero-order chi connectivity index (χ0) is 15.1. The predicted octanol–water partition coefficient (Wildman–Crippen LogP) is 2.45. The molecule has 2 N–H and O–H groups in total. The van der Waals surface area contributed by atoms with Crippen LogP contribution in [0.1, 0.15) is 27.7 Å². The molecule has 21 heavy (non-hydrogen) atoms. The number of aliphatic hydroxyl groups excluding tert-OH is 1. The number of carbonyl (C=O) groups excluding carboxylic acids is 1. The Balaban J connectivity index is 1.99. The summed E-state index contributed by atoms with van der Waals surface area (Å²) in [6, 6.07) is 11.3. The minimum absolute atomic E-state index is 0.0725. The summed E-state index contributed by atoms with van der Waals surface area (Å²) >= 11 is 1.69. The molecule has 2 aromatic rings. The molecule has 1 heterocycles. The molecule has 1 amide bonds. The molecule has 1 aromatic heterocycles. The van der Waals surface area contributed by atoms with Gasteiger partial charge < -0.3 is 10.4 Å². The molecule has 1 atom stereocenters. The highest BCUT2D eigenvalue weighted by Gasteiger charge is 2.10. The SMILES string of the molecule is CC(Cc1cccs1)NC(=O)c1cccc(C#CCO)c1. The van der Waals surface area contributed by atoms with Crippen molar-refractivity contribution in [1.82, 2.24) is 5.32 Å². The maximum atomic E-state index is 12.2. The van der Waals surface area contributed by atoms with E-state index in [1.165, 1.54) is 4.88 Å². The lowest BCUT2D eigenvalue weighted by atomic mass is 10.1. The van der Waals surface area contributed by atoms with Gasteiger partial charge in [-0.2, -0.15) is 0 Å². The molecule has 0 spiro atoms. The van der Waals surface area contributed by atoms with Crippen LogP contribution in [0.2, 0.25) is 0 Å². The zero-order valence-corrected chi connectivity index (χ0v) is 12.6. The van der Waals surface area contributed by atoms with E-state index < -0.39 is 0 Å². The number of hydrogen-bond donors (Lipinski definition) is 2. The van der Waals surface area contributed by atoms with Crippen LogP contribution in [0, 0.1) is 11.8 Å². The smallest absolute Gasteiger partial charge is 0.251 e. The fraction of sp³-hybridized carbons (Fsp3) is 0.235. The van der Waals surface area contributed by atoms with Crippen LogP contribution in [0.25, 0.3) is 0 Å². The second kappa shape index (κ2) is 7.63. The Morgan fingerprint density at radius 2 is 2.24 bits per heavy atom. The molecule has 3 nitrogen and oxygen atoms in total. The molecule has 108 valence electrons. The van der Waals surface area contributed by atoms with E-state index in [1.54, 1.807) is 29.5 Å². The Hall–Kier alpha value is -2.09. The van der Waals surface area contributed by atoms with Gasteiger partial charge in [-0.25, -0.2) is 0 Å². The first-order valence-electron chi connectivity index (χ1n) is 6.72. The van der Waals surface area contributed by atoms with Crippen LogP contribution in [0.3, 0.4) is 0 Å². The third-order valence-electron chi connectivity index (χ3n) is 2.90. The summed E-state index contributed by atoms with van der Waals surface area (Å²) in [4.78, 5) is 13.5. The molecule has 0 saturated heterocycles. The first-order valence-corrected chi connectivity index (χ1v) is 7.60. The second-order valence-corrected chi connectivity index (χ2v) is 5.73. The molecule has 0 aliphatic heterocycles. The summed E-state index contributed by atoms with van der Waals surface area (Å²) in [6.07, 6.45) is 0.827. The molecule has 0 bridgehead atoms. The minimum atomic E-state index is -0.186. The number of amides is 1. The van der Waals surface area contributed by atoms with Gasteiger partial charge in [-0.3, -0.25) is 4.79 Å². The number of aliphatic hydroxyl groups is 1. The van der Waals surface area contributed by atoms with Crippen molar-refractivity contribution in [3.8, 4) is 11.8 Å². The van der Waals surface area contributed by atoms with Gasteiger partial charge in [-0.15, -0.1) is 11.3 Å². The van der Waals surface area contributed by atoms with Gasteiger partial charge in [0.05, 0.1) is 0 Å². The van der Waals surface area contributed by atoms with Gasteiger partial charge in [0, 0.05) is 28.5 Å². The van der Waals surface area contributed by atoms with Crippen LogP contribution < -0.4 is 5.32 Å². The normalized spacial score (nSPS) is 11.3.